The first-order valence-electron chi connectivity index (χ1n) is 5.99. The van der Waals surface area contributed by atoms with Gasteiger partial charge in [0.2, 0.25) is 0 Å². The molecule has 1 amide bonds. The number of nitrogens with two attached hydrogens (primary N) is 2. The molecule has 0 heterocycles. The van der Waals surface area contributed by atoms with Crippen LogP contribution in [0.5, 0.6) is 0 Å². The third-order valence-corrected chi connectivity index (χ3v) is 2.97. The molecule has 0 spiro atoms. The molecule has 0 saturated heterocycles. The van der Waals surface area contributed by atoms with Crippen LogP contribution in [0.4, 0.5) is 11.4 Å². The molecule has 1 saturated carbocycles. The van der Waals surface area contributed by atoms with E-state index in [1.54, 1.807) is 23.1 Å². The molecule has 18 heavy (non-hydrogen) atoms. The van der Waals surface area contributed by atoms with Crippen LogP contribution >= 0.6 is 0 Å². The number of benzene rings is 1. The Balaban J connectivity index is 2.18. The fraction of sp³-hybridized carbons (Fsp3) is 0.357. The van der Waals surface area contributed by atoms with Crippen molar-refractivity contribution < 1.29 is 4.79 Å². The Bertz CT molecular complexity index is 480. The van der Waals surface area contributed by atoms with Gasteiger partial charge in [-0.3, -0.25) is 4.79 Å². The van der Waals surface area contributed by atoms with Crippen LogP contribution in [-0.2, 0) is 0 Å². The summed E-state index contributed by atoms with van der Waals surface area (Å²) in [5.74, 6) is 3.02. The Labute approximate surface area is 107 Å². The smallest absolute Gasteiger partial charge is 0.254 e. The van der Waals surface area contributed by atoms with Crippen molar-refractivity contribution in [2.75, 3.05) is 24.6 Å². The first-order chi connectivity index (χ1) is 8.60. The zero-order chi connectivity index (χ0) is 13.1. The number of carbonyl (C=O) groups is 1. The van der Waals surface area contributed by atoms with Gasteiger partial charge in [-0.25, -0.2) is 0 Å². The van der Waals surface area contributed by atoms with E-state index >= 15 is 0 Å². The second-order valence-corrected chi connectivity index (χ2v) is 4.72. The Morgan fingerprint density at radius 1 is 1.33 bits per heavy atom. The van der Waals surface area contributed by atoms with Gasteiger partial charge in [-0.2, -0.15) is 0 Å². The van der Waals surface area contributed by atoms with Crippen molar-refractivity contribution in [3.05, 3.63) is 23.8 Å². The van der Waals surface area contributed by atoms with E-state index in [2.05, 4.69) is 5.92 Å². The predicted octanol–water partition coefficient (Wildman–Crippen LogP) is 1.34. The zero-order valence-electron chi connectivity index (χ0n) is 10.2. The van der Waals surface area contributed by atoms with E-state index in [1.807, 2.05) is 0 Å². The molecule has 0 aliphatic heterocycles. The van der Waals surface area contributed by atoms with Gasteiger partial charge < -0.3 is 16.4 Å². The van der Waals surface area contributed by atoms with Crippen molar-refractivity contribution in [1.29, 1.82) is 0 Å². The fourth-order valence-electron chi connectivity index (χ4n) is 1.92. The molecule has 4 N–H and O–H groups in total. The molecule has 0 radical (unpaired) electrons. The summed E-state index contributed by atoms with van der Waals surface area (Å²) < 4.78 is 0. The highest BCUT2D eigenvalue weighted by molar-refractivity contribution is 5.96. The molecular formula is C14H17N3O. The van der Waals surface area contributed by atoms with E-state index in [0.29, 0.717) is 29.4 Å². The monoisotopic (exact) mass is 243 g/mol. The zero-order valence-corrected chi connectivity index (χ0v) is 10.2. The molecule has 0 bridgehead atoms. The third kappa shape index (κ3) is 2.95. The third-order valence-electron chi connectivity index (χ3n) is 2.97. The van der Waals surface area contributed by atoms with Gasteiger partial charge in [-0.05, 0) is 37.0 Å². The minimum atomic E-state index is -0.0983. The summed E-state index contributed by atoms with van der Waals surface area (Å²) in [6, 6.07) is 4.90. The second-order valence-electron chi connectivity index (χ2n) is 4.72. The summed E-state index contributed by atoms with van der Waals surface area (Å²) in [6.07, 6.45) is 7.66. The molecule has 0 unspecified atom stereocenters. The van der Waals surface area contributed by atoms with Crippen LogP contribution in [0.2, 0.25) is 0 Å². The maximum Gasteiger partial charge on any atom is 0.254 e. The Morgan fingerprint density at radius 3 is 2.44 bits per heavy atom. The lowest BCUT2D eigenvalue weighted by Gasteiger charge is -2.20. The minimum absolute atomic E-state index is 0.0983. The van der Waals surface area contributed by atoms with Gasteiger partial charge in [-0.15, -0.1) is 6.42 Å². The van der Waals surface area contributed by atoms with E-state index in [-0.39, 0.29) is 5.91 Å². The molecule has 1 aromatic carbocycles. The van der Waals surface area contributed by atoms with Gasteiger partial charge in [0.05, 0.1) is 6.54 Å². The molecule has 1 fully saturated rings. The van der Waals surface area contributed by atoms with Crippen LogP contribution in [0.1, 0.15) is 23.2 Å². The van der Waals surface area contributed by atoms with Gasteiger partial charge in [0.25, 0.3) is 5.91 Å². The van der Waals surface area contributed by atoms with Gasteiger partial charge >= 0.3 is 0 Å². The first-order valence-corrected chi connectivity index (χ1v) is 5.99. The quantitative estimate of drug-likeness (QED) is 0.619. The standard InChI is InChI=1S/C14H17N3O/c1-2-5-17(9-10-3-4-10)14(18)11-6-12(15)8-13(16)7-11/h1,6-8,10H,3-5,9,15-16H2. The van der Waals surface area contributed by atoms with Crippen molar-refractivity contribution in [1.82, 2.24) is 4.90 Å². The predicted molar refractivity (Wildman–Crippen MR) is 72.7 cm³/mol. The van der Waals surface area contributed by atoms with Gasteiger partial charge in [-0.1, -0.05) is 5.92 Å². The second kappa shape index (κ2) is 5.01. The molecule has 4 heteroatoms. The molecule has 0 aromatic heterocycles. The lowest BCUT2D eigenvalue weighted by molar-refractivity contribution is 0.0770. The maximum atomic E-state index is 12.3. The van der Waals surface area contributed by atoms with Crippen LogP contribution in [0, 0.1) is 18.3 Å². The highest BCUT2D eigenvalue weighted by Crippen LogP contribution is 2.30. The number of rotatable bonds is 4. The maximum absolute atomic E-state index is 12.3. The summed E-state index contributed by atoms with van der Waals surface area (Å²) in [5, 5.41) is 0. The first kappa shape index (κ1) is 12.3. The molecule has 2 rings (SSSR count). The van der Waals surface area contributed by atoms with Crippen molar-refractivity contribution in [3.8, 4) is 12.3 Å². The molecule has 4 nitrogen and oxygen atoms in total. The van der Waals surface area contributed by atoms with Gasteiger partial charge in [0, 0.05) is 23.5 Å². The number of carbonyl (C=O) groups excluding carboxylic acids is 1. The van der Waals surface area contributed by atoms with Crippen molar-refractivity contribution in [3.63, 3.8) is 0 Å². The average Bonchev–Trinajstić information content (AvgIpc) is 3.10. The molecule has 1 aromatic rings. The molecule has 1 aliphatic rings. The normalized spacial score (nSPS) is 13.9. The number of terminal acetylenes is 1. The Kier molecular flexibility index (Phi) is 3.42. The number of nitrogen functional groups attached to an aromatic ring is 2. The van der Waals surface area contributed by atoms with E-state index < -0.39 is 0 Å². The molecule has 94 valence electrons. The summed E-state index contributed by atoms with van der Waals surface area (Å²) in [7, 11) is 0. The Hall–Kier alpha value is -2.15. The number of amides is 1. The highest BCUT2D eigenvalue weighted by Gasteiger charge is 2.27. The van der Waals surface area contributed by atoms with Crippen LogP contribution < -0.4 is 11.5 Å². The van der Waals surface area contributed by atoms with E-state index in [9.17, 15) is 4.79 Å². The largest absolute Gasteiger partial charge is 0.399 e. The number of hydrogen-bond donors (Lipinski definition) is 2. The number of hydrogen-bond acceptors (Lipinski definition) is 3. The molecular weight excluding hydrogens is 226 g/mol. The van der Waals surface area contributed by atoms with E-state index in [0.717, 1.165) is 6.54 Å². The summed E-state index contributed by atoms with van der Waals surface area (Å²) >= 11 is 0. The van der Waals surface area contributed by atoms with Crippen molar-refractivity contribution in [2.45, 2.75) is 12.8 Å². The number of anilines is 2. The fourth-order valence-corrected chi connectivity index (χ4v) is 1.92. The highest BCUT2D eigenvalue weighted by atomic mass is 16.2. The minimum Gasteiger partial charge on any atom is -0.399 e. The summed E-state index contributed by atoms with van der Waals surface area (Å²) in [6.45, 7) is 1.04. The van der Waals surface area contributed by atoms with Gasteiger partial charge in [0.1, 0.15) is 0 Å². The molecule has 0 atom stereocenters. The van der Waals surface area contributed by atoms with Crippen LogP contribution in [0.25, 0.3) is 0 Å². The SMILES string of the molecule is C#CCN(CC1CC1)C(=O)c1cc(N)cc(N)c1. The molecule has 1 aliphatic carbocycles. The van der Waals surface area contributed by atoms with Crippen molar-refractivity contribution in [2.24, 2.45) is 5.92 Å². The number of nitrogens with zero attached hydrogens (tertiary/aromatic N) is 1. The van der Waals surface area contributed by atoms with Crippen LogP contribution in [0.3, 0.4) is 0 Å². The summed E-state index contributed by atoms with van der Waals surface area (Å²) in [4.78, 5) is 14.0. The lowest BCUT2D eigenvalue weighted by atomic mass is 10.1. The average molecular weight is 243 g/mol. The lowest BCUT2D eigenvalue weighted by Crippen LogP contribution is -2.33. The topological polar surface area (TPSA) is 72.3 Å². The Morgan fingerprint density at radius 2 is 1.94 bits per heavy atom. The van der Waals surface area contributed by atoms with Crippen LogP contribution in [-0.4, -0.2) is 23.9 Å². The van der Waals surface area contributed by atoms with Gasteiger partial charge in [0.15, 0.2) is 0 Å². The van der Waals surface area contributed by atoms with Crippen molar-refractivity contribution >= 4 is 17.3 Å². The van der Waals surface area contributed by atoms with E-state index in [4.69, 9.17) is 17.9 Å². The summed E-state index contributed by atoms with van der Waals surface area (Å²) in [5.41, 5.74) is 12.9. The van der Waals surface area contributed by atoms with E-state index in [1.165, 1.54) is 12.8 Å². The van der Waals surface area contributed by atoms with Crippen LogP contribution in [0.15, 0.2) is 18.2 Å².